The molecule has 184 valence electrons. The van der Waals surface area contributed by atoms with Crippen molar-refractivity contribution in [3.8, 4) is 11.1 Å². The average Bonchev–Trinajstić information content (AvgIpc) is 2.92. The number of aromatic nitrogens is 2. The minimum atomic E-state index is 0.141. The highest BCUT2D eigenvalue weighted by atomic mass is 16.2. The van der Waals surface area contributed by atoms with Crippen molar-refractivity contribution in [1.82, 2.24) is 14.9 Å². The van der Waals surface area contributed by atoms with E-state index in [1.807, 2.05) is 35.4 Å². The second-order valence-electron chi connectivity index (χ2n) is 9.11. The third kappa shape index (κ3) is 5.25. The summed E-state index contributed by atoms with van der Waals surface area (Å²) in [6.07, 6.45) is 2.97. The molecule has 1 aliphatic heterocycles. The van der Waals surface area contributed by atoms with E-state index >= 15 is 0 Å². The highest BCUT2D eigenvalue weighted by Crippen LogP contribution is 2.29. The van der Waals surface area contributed by atoms with E-state index < -0.39 is 0 Å². The zero-order valence-electron chi connectivity index (χ0n) is 20.9. The number of carbonyl (C=O) groups is 1. The molecule has 7 nitrogen and oxygen atoms in total. The van der Waals surface area contributed by atoms with Gasteiger partial charge in [-0.1, -0.05) is 43.3 Å². The summed E-state index contributed by atoms with van der Waals surface area (Å²) < 4.78 is 0. The van der Waals surface area contributed by atoms with Gasteiger partial charge in [-0.25, -0.2) is 9.97 Å². The van der Waals surface area contributed by atoms with Crippen molar-refractivity contribution >= 4 is 39.8 Å². The first-order chi connectivity index (χ1) is 17.6. The largest absolute Gasteiger partial charge is 0.385 e. The smallest absolute Gasteiger partial charge is 0.227 e. The standard InChI is InChI=1S/C29H32N6O/c1-3-14-30-24-12-10-22(11-13-24)27-9-4-6-23-20-31-29(33-28(23)27)32-25-7-5-8-26(19-25)35-17-15-34(16-18-35)21(2)36/h4-13,19-20,30H,3,14-18H2,1-2H3,(H,31,32,33). The van der Waals surface area contributed by atoms with Crippen LogP contribution in [0.2, 0.25) is 0 Å². The summed E-state index contributed by atoms with van der Waals surface area (Å²) in [4.78, 5) is 25.3. The zero-order valence-corrected chi connectivity index (χ0v) is 20.9. The molecule has 0 radical (unpaired) electrons. The molecule has 1 aliphatic rings. The summed E-state index contributed by atoms with van der Waals surface area (Å²) in [5, 5.41) is 7.82. The van der Waals surface area contributed by atoms with Crippen LogP contribution in [0.3, 0.4) is 0 Å². The predicted octanol–water partition coefficient (Wildman–Crippen LogP) is 5.53. The van der Waals surface area contributed by atoms with Gasteiger partial charge < -0.3 is 20.4 Å². The number of amides is 1. The van der Waals surface area contributed by atoms with E-state index in [1.165, 1.54) is 0 Å². The lowest BCUT2D eigenvalue weighted by molar-refractivity contribution is -0.129. The van der Waals surface area contributed by atoms with Crippen molar-refractivity contribution in [1.29, 1.82) is 0 Å². The van der Waals surface area contributed by atoms with Crippen molar-refractivity contribution in [2.45, 2.75) is 20.3 Å². The molecule has 1 saturated heterocycles. The van der Waals surface area contributed by atoms with Crippen molar-refractivity contribution in [2.75, 3.05) is 48.3 Å². The minimum absolute atomic E-state index is 0.141. The average molecular weight is 481 g/mol. The number of anilines is 4. The fourth-order valence-corrected chi connectivity index (χ4v) is 4.57. The molecule has 2 heterocycles. The molecule has 0 bridgehead atoms. The molecular weight excluding hydrogens is 448 g/mol. The van der Waals surface area contributed by atoms with Gasteiger partial charge in [0.15, 0.2) is 0 Å². The van der Waals surface area contributed by atoms with Gasteiger partial charge in [-0.05, 0) is 42.3 Å². The summed E-state index contributed by atoms with van der Waals surface area (Å²) in [6.45, 7) is 7.91. The molecule has 1 fully saturated rings. The molecular formula is C29H32N6O. The van der Waals surface area contributed by atoms with Gasteiger partial charge in [0.1, 0.15) is 0 Å². The van der Waals surface area contributed by atoms with Crippen LogP contribution in [0.15, 0.2) is 72.9 Å². The molecule has 5 rings (SSSR count). The maximum atomic E-state index is 11.6. The Kier molecular flexibility index (Phi) is 6.98. The van der Waals surface area contributed by atoms with Crippen LogP contribution in [-0.2, 0) is 4.79 Å². The Morgan fingerprint density at radius 2 is 1.72 bits per heavy atom. The Bertz CT molecular complexity index is 1350. The van der Waals surface area contributed by atoms with Crippen LogP contribution in [0.4, 0.5) is 23.0 Å². The molecule has 0 unspecified atom stereocenters. The number of fused-ring (bicyclic) bond motifs is 1. The van der Waals surface area contributed by atoms with Crippen LogP contribution in [0.1, 0.15) is 20.3 Å². The maximum Gasteiger partial charge on any atom is 0.227 e. The number of nitrogens with one attached hydrogen (secondary N) is 2. The predicted molar refractivity (Wildman–Crippen MR) is 148 cm³/mol. The maximum absolute atomic E-state index is 11.6. The van der Waals surface area contributed by atoms with Crippen LogP contribution in [-0.4, -0.2) is 53.5 Å². The number of carbonyl (C=O) groups excluding carboxylic acids is 1. The molecule has 3 aromatic carbocycles. The summed E-state index contributed by atoms with van der Waals surface area (Å²) in [6, 6.07) is 23.0. The summed E-state index contributed by atoms with van der Waals surface area (Å²) in [7, 11) is 0. The fraction of sp³-hybridized carbons (Fsp3) is 0.276. The lowest BCUT2D eigenvalue weighted by Gasteiger charge is -2.35. The fourth-order valence-electron chi connectivity index (χ4n) is 4.57. The number of rotatable bonds is 7. The zero-order chi connectivity index (χ0) is 24.9. The van der Waals surface area contributed by atoms with E-state index in [-0.39, 0.29) is 5.91 Å². The highest BCUT2D eigenvalue weighted by Gasteiger charge is 2.19. The Hall–Kier alpha value is -4.13. The van der Waals surface area contributed by atoms with Crippen LogP contribution in [0.5, 0.6) is 0 Å². The molecule has 1 amide bonds. The third-order valence-corrected chi connectivity index (χ3v) is 6.58. The molecule has 4 aromatic rings. The van der Waals surface area contributed by atoms with Gasteiger partial charge >= 0.3 is 0 Å². The number of para-hydroxylation sites is 1. The molecule has 0 saturated carbocycles. The summed E-state index contributed by atoms with van der Waals surface area (Å²) >= 11 is 0. The SMILES string of the molecule is CCCNc1ccc(-c2cccc3cnc(Nc4cccc(N5CCN(C(C)=O)CC5)c4)nc23)cc1. The Balaban J connectivity index is 1.36. The molecule has 36 heavy (non-hydrogen) atoms. The first-order valence-electron chi connectivity index (χ1n) is 12.6. The quantitative estimate of drug-likeness (QED) is 0.362. The molecule has 0 spiro atoms. The van der Waals surface area contributed by atoms with Crippen LogP contribution < -0.4 is 15.5 Å². The van der Waals surface area contributed by atoms with E-state index in [2.05, 4.69) is 69.9 Å². The monoisotopic (exact) mass is 480 g/mol. The second kappa shape index (κ2) is 10.6. The Morgan fingerprint density at radius 1 is 0.944 bits per heavy atom. The molecule has 0 atom stereocenters. The second-order valence-corrected chi connectivity index (χ2v) is 9.11. The number of benzene rings is 3. The van der Waals surface area contributed by atoms with Gasteiger partial charge in [-0.3, -0.25) is 4.79 Å². The third-order valence-electron chi connectivity index (χ3n) is 6.58. The van der Waals surface area contributed by atoms with E-state index in [4.69, 9.17) is 4.98 Å². The van der Waals surface area contributed by atoms with Gasteiger partial charge in [-0.15, -0.1) is 0 Å². The normalized spacial score (nSPS) is 13.6. The van der Waals surface area contributed by atoms with Crippen molar-refractivity contribution in [3.05, 3.63) is 72.9 Å². The van der Waals surface area contributed by atoms with Crippen LogP contribution >= 0.6 is 0 Å². The van der Waals surface area contributed by atoms with Gasteiger partial charge in [0.2, 0.25) is 11.9 Å². The molecule has 0 aliphatic carbocycles. The molecule has 2 N–H and O–H groups in total. The van der Waals surface area contributed by atoms with Gasteiger partial charge in [-0.2, -0.15) is 0 Å². The highest BCUT2D eigenvalue weighted by molar-refractivity contribution is 5.94. The van der Waals surface area contributed by atoms with E-state index in [9.17, 15) is 4.79 Å². The summed E-state index contributed by atoms with van der Waals surface area (Å²) in [5.41, 5.74) is 6.31. The lowest BCUT2D eigenvalue weighted by atomic mass is 10.0. The van der Waals surface area contributed by atoms with Crippen molar-refractivity contribution in [2.24, 2.45) is 0 Å². The van der Waals surface area contributed by atoms with Crippen LogP contribution in [0, 0.1) is 0 Å². The number of nitrogens with zero attached hydrogens (tertiary/aromatic N) is 4. The van der Waals surface area contributed by atoms with Gasteiger partial charge in [0.05, 0.1) is 5.52 Å². The van der Waals surface area contributed by atoms with E-state index in [0.29, 0.717) is 5.95 Å². The molecule has 7 heteroatoms. The van der Waals surface area contributed by atoms with Gasteiger partial charge in [0, 0.05) is 73.9 Å². The lowest BCUT2D eigenvalue weighted by Crippen LogP contribution is -2.48. The molecule has 1 aromatic heterocycles. The number of hydrogen-bond acceptors (Lipinski definition) is 6. The Morgan fingerprint density at radius 3 is 2.47 bits per heavy atom. The van der Waals surface area contributed by atoms with Gasteiger partial charge in [0.25, 0.3) is 0 Å². The van der Waals surface area contributed by atoms with Crippen LogP contribution in [0.25, 0.3) is 22.0 Å². The van der Waals surface area contributed by atoms with E-state index in [1.54, 1.807) is 6.92 Å². The minimum Gasteiger partial charge on any atom is -0.385 e. The summed E-state index contributed by atoms with van der Waals surface area (Å²) in [5.74, 6) is 0.705. The number of piperazine rings is 1. The first kappa shape index (κ1) is 23.6. The van der Waals surface area contributed by atoms with Crippen molar-refractivity contribution < 1.29 is 4.79 Å². The topological polar surface area (TPSA) is 73.4 Å². The first-order valence-corrected chi connectivity index (χ1v) is 12.6. The Labute approximate surface area is 212 Å². The van der Waals surface area contributed by atoms with E-state index in [0.717, 1.165) is 78.2 Å². The number of hydrogen-bond donors (Lipinski definition) is 2. The van der Waals surface area contributed by atoms with Crippen molar-refractivity contribution in [3.63, 3.8) is 0 Å².